The number of aliphatic carboxylic acids is 1. The number of hydrogen-bond donors (Lipinski definition) is 3. The number of carboxylic acid groups (broad SMARTS) is 1. The molecule has 0 saturated carbocycles. The number of amides is 2. The third kappa shape index (κ3) is 4.71. The second kappa shape index (κ2) is 7.99. The number of aryl methyl sites for hydroxylation is 1. The van der Waals surface area contributed by atoms with Gasteiger partial charge in [0.25, 0.3) is 0 Å². The minimum absolute atomic E-state index is 0.0134. The first-order valence-electron chi connectivity index (χ1n) is 8.33. The number of benzene rings is 1. The lowest BCUT2D eigenvalue weighted by atomic mass is 9.74. The predicted octanol–water partition coefficient (Wildman–Crippen LogP) is 3.11. The first kappa shape index (κ1) is 17.3. The Morgan fingerprint density at radius 2 is 2.04 bits per heavy atom. The minimum Gasteiger partial charge on any atom is -0.481 e. The summed E-state index contributed by atoms with van der Waals surface area (Å²) in [4.78, 5) is 22.7. The number of rotatable bonds is 6. The van der Waals surface area contributed by atoms with Crippen LogP contribution < -0.4 is 10.6 Å². The molecule has 1 aliphatic rings. The lowest BCUT2D eigenvalue weighted by Gasteiger charge is -2.36. The van der Waals surface area contributed by atoms with Gasteiger partial charge in [-0.25, -0.2) is 4.79 Å². The van der Waals surface area contributed by atoms with Crippen LogP contribution in [-0.4, -0.2) is 23.7 Å². The zero-order valence-corrected chi connectivity index (χ0v) is 13.8. The number of nitrogens with one attached hydrogen (secondary N) is 2. The van der Waals surface area contributed by atoms with Crippen molar-refractivity contribution in [3.05, 3.63) is 35.4 Å². The van der Waals surface area contributed by atoms with Crippen LogP contribution in [0.2, 0.25) is 0 Å². The number of hydrogen-bond acceptors (Lipinski definition) is 2. The van der Waals surface area contributed by atoms with E-state index in [4.69, 9.17) is 5.11 Å². The molecular formula is C18H26N2O3. The fourth-order valence-electron chi connectivity index (χ4n) is 3.32. The van der Waals surface area contributed by atoms with Crippen molar-refractivity contribution in [3.8, 4) is 0 Å². The molecule has 0 saturated heterocycles. The fourth-order valence-corrected chi connectivity index (χ4v) is 3.32. The summed E-state index contributed by atoms with van der Waals surface area (Å²) in [5.74, 6) is 0.0589. The zero-order chi connectivity index (χ0) is 16.8. The molecule has 2 unspecified atom stereocenters. The first-order valence-corrected chi connectivity index (χ1v) is 8.33. The molecule has 2 atom stereocenters. The van der Waals surface area contributed by atoms with Crippen LogP contribution in [0.25, 0.3) is 0 Å². The van der Waals surface area contributed by atoms with E-state index in [1.54, 1.807) is 0 Å². The Bertz CT molecular complexity index is 557. The summed E-state index contributed by atoms with van der Waals surface area (Å²) in [6.07, 6.45) is 2.63. The summed E-state index contributed by atoms with van der Waals surface area (Å²) >= 11 is 0. The highest BCUT2D eigenvalue weighted by Gasteiger charge is 2.32. The molecule has 126 valence electrons. The monoisotopic (exact) mass is 318 g/mol. The van der Waals surface area contributed by atoms with E-state index in [-0.39, 0.29) is 18.5 Å². The van der Waals surface area contributed by atoms with E-state index in [1.165, 1.54) is 11.1 Å². The smallest absolute Gasteiger partial charge is 0.315 e. The number of carbonyl (C=O) groups is 2. The highest BCUT2D eigenvalue weighted by Crippen LogP contribution is 2.38. The lowest BCUT2D eigenvalue weighted by molar-refractivity contribution is -0.137. The normalized spacial score (nSPS) is 20.0. The van der Waals surface area contributed by atoms with Crippen molar-refractivity contribution in [2.45, 2.75) is 45.6 Å². The van der Waals surface area contributed by atoms with Crippen LogP contribution in [-0.2, 0) is 11.2 Å². The van der Waals surface area contributed by atoms with Gasteiger partial charge in [-0.2, -0.15) is 0 Å². The Morgan fingerprint density at radius 3 is 2.74 bits per heavy atom. The summed E-state index contributed by atoms with van der Waals surface area (Å²) in [7, 11) is 0. The third-order valence-electron chi connectivity index (χ3n) is 4.56. The molecule has 5 nitrogen and oxygen atoms in total. The average molecular weight is 318 g/mol. The molecule has 23 heavy (non-hydrogen) atoms. The molecule has 3 N–H and O–H groups in total. The highest BCUT2D eigenvalue weighted by molar-refractivity contribution is 5.74. The van der Waals surface area contributed by atoms with Crippen LogP contribution >= 0.6 is 0 Å². The quantitative estimate of drug-likeness (QED) is 0.705. The Kier molecular flexibility index (Phi) is 6.02. The van der Waals surface area contributed by atoms with Crippen LogP contribution in [0, 0.1) is 11.8 Å². The topological polar surface area (TPSA) is 78.4 Å². The van der Waals surface area contributed by atoms with Crippen molar-refractivity contribution in [2.75, 3.05) is 6.54 Å². The fraction of sp³-hybridized carbons (Fsp3) is 0.556. The first-order chi connectivity index (χ1) is 11.0. The number of carbonyl (C=O) groups excluding carboxylic acids is 1. The Labute approximate surface area is 137 Å². The maximum absolute atomic E-state index is 12.2. The maximum Gasteiger partial charge on any atom is 0.315 e. The van der Waals surface area contributed by atoms with Crippen LogP contribution in [0.4, 0.5) is 4.79 Å². The van der Waals surface area contributed by atoms with E-state index in [2.05, 4.69) is 36.6 Å². The Hall–Kier alpha value is -2.04. The van der Waals surface area contributed by atoms with Gasteiger partial charge in [-0.3, -0.25) is 4.79 Å². The van der Waals surface area contributed by atoms with E-state index in [0.29, 0.717) is 24.8 Å². The molecule has 2 rings (SSSR count). The molecule has 0 aromatic heterocycles. The molecule has 0 spiro atoms. The van der Waals surface area contributed by atoms with Crippen LogP contribution in [0.5, 0.6) is 0 Å². The van der Waals surface area contributed by atoms with E-state index < -0.39 is 5.97 Å². The third-order valence-corrected chi connectivity index (χ3v) is 4.56. The molecule has 0 heterocycles. The van der Waals surface area contributed by atoms with Crippen molar-refractivity contribution >= 4 is 12.0 Å². The van der Waals surface area contributed by atoms with Crippen LogP contribution in [0.3, 0.4) is 0 Å². The molecule has 5 heteroatoms. The SMILES string of the molecule is CC(C)C1CCc2ccccc2C1NC(=O)NCCCC(=O)O. The molecule has 1 aromatic carbocycles. The summed E-state index contributed by atoms with van der Waals surface area (Å²) < 4.78 is 0. The summed E-state index contributed by atoms with van der Waals surface area (Å²) in [5, 5.41) is 14.5. The van der Waals surface area contributed by atoms with E-state index in [9.17, 15) is 9.59 Å². The summed E-state index contributed by atoms with van der Waals surface area (Å²) in [5.41, 5.74) is 2.51. The van der Waals surface area contributed by atoms with Crippen molar-refractivity contribution in [2.24, 2.45) is 11.8 Å². The van der Waals surface area contributed by atoms with Gasteiger partial charge in [0, 0.05) is 13.0 Å². The Balaban J connectivity index is 2.00. The standard InChI is InChI=1S/C18H26N2O3/c1-12(2)14-10-9-13-6-3-4-7-15(13)17(14)20-18(23)19-11-5-8-16(21)22/h3-4,6-7,12,14,17H,5,8-11H2,1-2H3,(H,21,22)(H2,19,20,23). The second-order valence-electron chi connectivity index (χ2n) is 6.52. The molecule has 1 aromatic rings. The van der Waals surface area contributed by atoms with Gasteiger partial charge < -0.3 is 15.7 Å². The van der Waals surface area contributed by atoms with Gasteiger partial charge in [0.2, 0.25) is 0 Å². The van der Waals surface area contributed by atoms with Gasteiger partial charge in [-0.15, -0.1) is 0 Å². The summed E-state index contributed by atoms with van der Waals surface area (Å²) in [6.45, 7) is 4.76. The largest absolute Gasteiger partial charge is 0.481 e. The molecule has 0 aliphatic heterocycles. The van der Waals surface area contributed by atoms with Crippen molar-refractivity contribution in [3.63, 3.8) is 0 Å². The molecule has 0 fully saturated rings. The number of fused-ring (bicyclic) bond motifs is 1. The average Bonchev–Trinajstić information content (AvgIpc) is 2.51. The van der Waals surface area contributed by atoms with Crippen LogP contribution in [0.15, 0.2) is 24.3 Å². The van der Waals surface area contributed by atoms with Crippen molar-refractivity contribution in [1.29, 1.82) is 0 Å². The highest BCUT2D eigenvalue weighted by atomic mass is 16.4. The van der Waals surface area contributed by atoms with Crippen molar-refractivity contribution in [1.82, 2.24) is 10.6 Å². The van der Waals surface area contributed by atoms with Crippen molar-refractivity contribution < 1.29 is 14.7 Å². The lowest BCUT2D eigenvalue weighted by Crippen LogP contribution is -2.43. The van der Waals surface area contributed by atoms with Gasteiger partial charge in [0.1, 0.15) is 0 Å². The van der Waals surface area contributed by atoms with Gasteiger partial charge >= 0.3 is 12.0 Å². The summed E-state index contributed by atoms with van der Waals surface area (Å²) in [6, 6.07) is 8.07. The maximum atomic E-state index is 12.2. The van der Waals surface area contributed by atoms with E-state index >= 15 is 0 Å². The molecule has 1 aliphatic carbocycles. The molecular weight excluding hydrogens is 292 g/mol. The van der Waals surface area contributed by atoms with E-state index in [1.807, 2.05) is 12.1 Å². The molecule has 0 radical (unpaired) electrons. The van der Waals surface area contributed by atoms with Crippen LogP contribution in [0.1, 0.15) is 50.3 Å². The zero-order valence-electron chi connectivity index (χ0n) is 13.8. The number of carboxylic acids is 1. The van der Waals surface area contributed by atoms with Gasteiger partial charge in [-0.1, -0.05) is 38.1 Å². The predicted molar refractivity (Wildman–Crippen MR) is 89.2 cm³/mol. The Morgan fingerprint density at radius 1 is 1.30 bits per heavy atom. The number of urea groups is 1. The van der Waals surface area contributed by atoms with Gasteiger partial charge in [0.15, 0.2) is 0 Å². The van der Waals surface area contributed by atoms with Gasteiger partial charge in [-0.05, 0) is 42.2 Å². The minimum atomic E-state index is -0.840. The molecule has 2 amide bonds. The second-order valence-corrected chi connectivity index (χ2v) is 6.52. The van der Waals surface area contributed by atoms with Gasteiger partial charge in [0.05, 0.1) is 6.04 Å². The molecule has 0 bridgehead atoms. The van der Waals surface area contributed by atoms with E-state index in [0.717, 1.165) is 12.8 Å².